The maximum atomic E-state index is 5.03. The highest BCUT2D eigenvalue weighted by molar-refractivity contribution is 5.56. The normalized spacial score (nSPS) is 19.6. The second-order valence-corrected chi connectivity index (χ2v) is 8.71. The van der Waals surface area contributed by atoms with Gasteiger partial charge in [-0.25, -0.2) is 9.97 Å². The Bertz CT molecular complexity index is 812. The summed E-state index contributed by atoms with van der Waals surface area (Å²) in [7, 11) is 0. The fraction of sp³-hybridized carbons (Fsp3) is 0.565. The Morgan fingerprint density at radius 3 is 2.50 bits per heavy atom. The van der Waals surface area contributed by atoms with Gasteiger partial charge in [0, 0.05) is 24.1 Å². The topological polar surface area (TPSA) is 29.0 Å². The van der Waals surface area contributed by atoms with Gasteiger partial charge in [-0.1, -0.05) is 31.2 Å². The summed E-state index contributed by atoms with van der Waals surface area (Å²) in [5, 5.41) is 0. The lowest BCUT2D eigenvalue weighted by Crippen LogP contribution is -2.30. The van der Waals surface area contributed by atoms with E-state index in [1.807, 2.05) is 0 Å². The zero-order valence-electron chi connectivity index (χ0n) is 16.1. The number of rotatable bonds is 5. The highest BCUT2D eigenvalue weighted by Gasteiger charge is 2.46. The molecule has 0 amide bonds. The van der Waals surface area contributed by atoms with E-state index >= 15 is 0 Å². The number of anilines is 1. The molecule has 0 atom stereocenters. The number of fused-ring (bicyclic) bond motifs is 3. The summed E-state index contributed by atoms with van der Waals surface area (Å²) in [4.78, 5) is 12.6. The molecule has 5 rings (SSSR count). The predicted molar refractivity (Wildman–Crippen MR) is 106 cm³/mol. The third kappa shape index (κ3) is 2.64. The van der Waals surface area contributed by atoms with E-state index in [0.29, 0.717) is 0 Å². The van der Waals surface area contributed by atoms with Crippen LogP contribution >= 0.6 is 0 Å². The van der Waals surface area contributed by atoms with Gasteiger partial charge in [0.1, 0.15) is 11.6 Å². The minimum atomic E-state index is 0.221. The van der Waals surface area contributed by atoms with E-state index < -0.39 is 0 Å². The third-order valence-corrected chi connectivity index (χ3v) is 6.60. The monoisotopic (exact) mass is 347 g/mol. The average Bonchev–Trinajstić information content (AvgIpc) is 3.27. The maximum Gasteiger partial charge on any atom is 0.135 e. The van der Waals surface area contributed by atoms with E-state index in [1.165, 1.54) is 60.4 Å². The van der Waals surface area contributed by atoms with Crippen LogP contribution in [0.25, 0.3) is 0 Å². The van der Waals surface area contributed by atoms with E-state index in [4.69, 9.17) is 9.97 Å². The lowest BCUT2D eigenvalue weighted by molar-refractivity contribution is 0.437. The largest absolute Gasteiger partial charge is 0.356 e. The zero-order valence-corrected chi connectivity index (χ0v) is 16.1. The van der Waals surface area contributed by atoms with E-state index in [2.05, 4.69) is 43.0 Å². The van der Waals surface area contributed by atoms with Gasteiger partial charge in [-0.05, 0) is 68.9 Å². The molecule has 1 fully saturated rings. The zero-order chi connectivity index (χ0) is 17.7. The Labute approximate surface area is 156 Å². The van der Waals surface area contributed by atoms with Crippen LogP contribution in [0, 0.1) is 12.8 Å². The summed E-state index contributed by atoms with van der Waals surface area (Å²) in [6.45, 7) is 6.67. The number of hydrogen-bond donors (Lipinski definition) is 0. The average molecular weight is 348 g/mol. The molecular weight excluding hydrogens is 318 g/mol. The van der Waals surface area contributed by atoms with Crippen molar-refractivity contribution in [1.29, 1.82) is 0 Å². The number of benzene rings is 1. The van der Waals surface area contributed by atoms with Crippen LogP contribution in [0.2, 0.25) is 0 Å². The van der Waals surface area contributed by atoms with Gasteiger partial charge in [0.2, 0.25) is 0 Å². The summed E-state index contributed by atoms with van der Waals surface area (Å²) < 4.78 is 0. The first kappa shape index (κ1) is 16.3. The Morgan fingerprint density at radius 2 is 1.85 bits per heavy atom. The van der Waals surface area contributed by atoms with Crippen LogP contribution in [0.3, 0.4) is 0 Å². The molecule has 0 radical (unpaired) electrons. The summed E-state index contributed by atoms with van der Waals surface area (Å²) in [6, 6.07) is 8.99. The van der Waals surface area contributed by atoms with Gasteiger partial charge in [-0.3, -0.25) is 0 Å². The number of aromatic nitrogens is 2. The molecule has 136 valence electrons. The van der Waals surface area contributed by atoms with Crippen molar-refractivity contribution in [3.8, 4) is 0 Å². The second-order valence-electron chi connectivity index (χ2n) is 8.71. The van der Waals surface area contributed by atoms with Crippen LogP contribution < -0.4 is 4.90 Å². The third-order valence-electron chi connectivity index (χ3n) is 6.60. The van der Waals surface area contributed by atoms with Crippen LogP contribution in [0.15, 0.2) is 24.3 Å². The fourth-order valence-electron chi connectivity index (χ4n) is 5.20. The van der Waals surface area contributed by atoms with Gasteiger partial charge in [0.15, 0.2) is 0 Å². The van der Waals surface area contributed by atoms with Crippen molar-refractivity contribution in [2.75, 3.05) is 18.0 Å². The smallest absolute Gasteiger partial charge is 0.135 e. The summed E-state index contributed by atoms with van der Waals surface area (Å²) in [6.07, 6.45) is 8.65. The van der Waals surface area contributed by atoms with E-state index in [1.54, 1.807) is 0 Å². The molecule has 26 heavy (non-hydrogen) atoms. The van der Waals surface area contributed by atoms with Gasteiger partial charge in [-0.15, -0.1) is 0 Å². The SMILES string of the molecule is CCCN(CC1CC1)c1nc(C)nc2c1CCC21Cc2ccccc2C1. The van der Waals surface area contributed by atoms with E-state index in [-0.39, 0.29) is 5.41 Å². The fourth-order valence-corrected chi connectivity index (χ4v) is 5.20. The molecular formula is C23H29N3. The lowest BCUT2D eigenvalue weighted by Gasteiger charge is -2.28. The number of hydrogen-bond acceptors (Lipinski definition) is 3. The summed E-state index contributed by atoms with van der Waals surface area (Å²) >= 11 is 0. The maximum absolute atomic E-state index is 5.03. The molecule has 3 aliphatic rings. The summed E-state index contributed by atoms with van der Waals surface area (Å²) in [5.74, 6) is 3.10. The Kier molecular flexibility index (Phi) is 3.80. The highest BCUT2D eigenvalue weighted by Crippen LogP contribution is 2.49. The molecule has 1 aromatic carbocycles. The Hall–Kier alpha value is -1.90. The highest BCUT2D eigenvalue weighted by atomic mass is 15.2. The molecule has 3 aliphatic carbocycles. The molecule has 2 aromatic rings. The van der Waals surface area contributed by atoms with Gasteiger partial charge in [0.25, 0.3) is 0 Å². The number of nitrogens with zero attached hydrogens (tertiary/aromatic N) is 3. The quantitative estimate of drug-likeness (QED) is 0.803. The second kappa shape index (κ2) is 6.07. The standard InChI is InChI=1S/C23H29N3/c1-3-12-26(15-17-8-9-17)22-20-10-11-23(21(20)24-16(2)25-22)13-18-6-4-5-7-19(18)14-23/h4-7,17H,3,8-15H2,1-2H3. The van der Waals surface area contributed by atoms with Crippen LogP contribution in [0.1, 0.15) is 60.8 Å². The Morgan fingerprint density at radius 1 is 1.12 bits per heavy atom. The molecule has 0 N–H and O–H groups in total. The van der Waals surface area contributed by atoms with Crippen molar-refractivity contribution in [2.24, 2.45) is 5.92 Å². The van der Waals surface area contributed by atoms with Crippen molar-refractivity contribution >= 4 is 5.82 Å². The van der Waals surface area contributed by atoms with Crippen molar-refractivity contribution in [3.63, 3.8) is 0 Å². The molecule has 1 heterocycles. The molecule has 1 saturated carbocycles. The first-order valence-electron chi connectivity index (χ1n) is 10.4. The molecule has 0 aliphatic heterocycles. The van der Waals surface area contributed by atoms with Gasteiger partial charge < -0.3 is 4.90 Å². The van der Waals surface area contributed by atoms with Gasteiger partial charge in [-0.2, -0.15) is 0 Å². The Balaban J connectivity index is 1.55. The van der Waals surface area contributed by atoms with Crippen molar-refractivity contribution in [3.05, 3.63) is 52.5 Å². The van der Waals surface area contributed by atoms with Crippen LogP contribution in [-0.2, 0) is 24.7 Å². The molecule has 0 bridgehead atoms. The number of aryl methyl sites for hydroxylation is 1. The molecule has 3 nitrogen and oxygen atoms in total. The minimum Gasteiger partial charge on any atom is -0.356 e. The van der Waals surface area contributed by atoms with Gasteiger partial charge >= 0.3 is 0 Å². The first-order chi connectivity index (χ1) is 12.7. The molecule has 1 aromatic heterocycles. The van der Waals surface area contributed by atoms with E-state index in [9.17, 15) is 0 Å². The van der Waals surface area contributed by atoms with Crippen LogP contribution in [0.4, 0.5) is 5.82 Å². The first-order valence-corrected chi connectivity index (χ1v) is 10.4. The summed E-state index contributed by atoms with van der Waals surface area (Å²) in [5.41, 5.74) is 6.10. The van der Waals surface area contributed by atoms with Crippen LogP contribution in [0.5, 0.6) is 0 Å². The van der Waals surface area contributed by atoms with Crippen molar-refractivity contribution in [1.82, 2.24) is 9.97 Å². The molecule has 0 saturated heterocycles. The van der Waals surface area contributed by atoms with E-state index in [0.717, 1.165) is 37.5 Å². The molecule has 0 unspecified atom stereocenters. The van der Waals surface area contributed by atoms with Crippen LogP contribution in [-0.4, -0.2) is 23.1 Å². The minimum absolute atomic E-state index is 0.221. The molecule has 3 heteroatoms. The van der Waals surface area contributed by atoms with Crippen molar-refractivity contribution in [2.45, 2.75) is 64.2 Å². The predicted octanol–water partition coefficient (Wildman–Crippen LogP) is 4.39. The lowest BCUT2D eigenvalue weighted by atomic mass is 9.82. The molecule has 1 spiro atoms. The van der Waals surface area contributed by atoms with Crippen molar-refractivity contribution < 1.29 is 0 Å². The van der Waals surface area contributed by atoms with Gasteiger partial charge in [0.05, 0.1) is 5.69 Å².